The van der Waals surface area contributed by atoms with E-state index < -0.39 is 0 Å². The molecule has 0 aliphatic carbocycles. The fourth-order valence-corrected chi connectivity index (χ4v) is 1.90. The van der Waals surface area contributed by atoms with Gasteiger partial charge in [-0.15, -0.1) is 0 Å². The number of rotatable bonds is 2. The molecule has 0 N–H and O–H groups in total. The predicted molar refractivity (Wildman–Crippen MR) is 69.7 cm³/mol. The van der Waals surface area contributed by atoms with E-state index in [9.17, 15) is 4.79 Å². The maximum Gasteiger partial charge on any atom is 0.151 e. The molecule has 0 saturated carbocycles. The number of carbonyl (C=O) groups excluding carboxylic acids is 1. The van der Waals surface area contributed by atoms with E-state index in [4.69, 9.17) is 0 Å². The molecule has 0 fully saturated rings. The lowest BCUT2D eigenvalue weighted by molar-refractivity contribution is 0.112. The first kappa shape index (κ1) is 11.1. The lowest BCUT2D eigenvalue weighted by Crippen LogP contribution is -1.85. The molecule has 0 radical (unpaired) electrons. The van der Waals surface area contributed by atoms with Crippen molar-refractivity contribution in [2.24, 2.45) is 0 Å². The number of aryl methyl sites for hydroxylation is 1. The lowest BCUT2D eigenvalue weighted by Gasteiger charge is -2.04. The molecule has 2 aromatic carbocycles. The molecular weight excluding hydrogens is 264 g/mol. The van der Waals surface area contributed by atoms with Crippen LogP contribution in [0.4, 0.5) is 0 Å². The molecular formula is C14H11BrO. The second-order valence-corrected chi connectivity index (χ2v) is 4.57. The Bertz CT molecular complexity index is 515. The summed E-state index contributed by atoms with van der Waals surface area (Å²) in [5.74, 6) is 0. The molecule has 16 heavy (non-hydrogen) atoms. The molecule has 0 heterocycles. The van der Waals surface area contributed by atoms with Crippen molar-refractivity contribution in [1.82, 2.24) is 0 Å². The Morgan fingerprint density at radius 2 is 1.62 bits per heavy atom. The first-order valence-corrected chi connectivity index (χ1v) is 5.82. The summed E-state index contributed by atoms with van der Waals surface area (Å²) in [6, 6.07) is 14.1. The number of carbonyl (C=O) groups is 1. The molecule has 80 valence electrons. The van der Waals surface area contributed by atoms with E-state index in [1.54, 1.807) is 0 Å². The number of aldehydes is 1. The van der Waals surface area contributed by atoms with E-state index in [2.05, 4.69) is 47.1 Å². The maximum atomic E-state index is 10.8. The summed E-state index contributed by atoms with van der Waals surface area (Å²) in [5.41, 5.74) is 4.10. The van der Waals surface area contributed by atoms with E-state index in [0.29, 0.717) is 5.56 Å². The molecule has 2 heteroatoms. The minimum absolute atomic E-state index is 0.679. The van der Waals surface area contributed by atoms with Gasteiger partial charge in [0.2, 0.25) is 0 Å². The number of hydrogen-bond acceptors (Lipinski definition) is 1. The number of halogens is 1. The Labute approximate surface area is 103 Å². The third-order valence-corrected chi connectivity index (χ3v) is 3.23. The SMILES string of the molecule is Cc1ccc(-c2ccc(Br)c(C=O)c2)cc1. The van der Waals surface area contributed by atoms with Crippen molar-refractivity contribution in [3.8, 4) is 11.1 Å². The third kappa shape index (κ3) is 2.22. The molecule has 0 atom stereocenters. The highest BCUT2D eigenvalue weighted by atomic mass is 79.9. The van der Waals surface area contributed by atoms with Crippen LogP contribution in [0.5, 0.6) is 0 Å². The van der Waals surface area contributed by atoms with Crippen LogP contribution >= 0.6 is 15.9 Å². The van der Waals surface area contributed by atoms with E-state index in [-0.39, 0.29) is 0 Å². The Balaban J connectivity index is 2.48. The van der Waals surface area contributed by atoms with Gasteiger partial charge in [0.05, 0.1) is 0 Å². The Kier molecular flexibility index (Phi) is 3.20. The van der Waals surface area contributed by atoms with Crippen LogP contribution in [0.1, 0.15) is 15.9 Å². The zero-order chi connectivity index (χ0) is 11.5. The number of benzene rings is 2. The van der Waals surface area contributed by atoms with E-state index in [1.807, 2.05) is 18.2 Å². The molecule has 2 rings (SSSR count). The Morgan fingerprint density at radius 1 is 1.00 bits per heavy atom. The standard InChI is InChI=1S/C14H11BrO/c1-10-2-4-11(5-3-10)12-6-7-14(15)13(8-12)9-16/h2-9H,1H3. The van der Waals surface area contributed by atoms with E-state index in [0.717, 1.165) is 21.9 Å². The lowest BCUT2D eigenvalue weighted by atomic mass is 10.0. The smallest absolute Gasteiger partial charge is 0.151 e. The second kappa shape index (κ2) is 4.62. The van der Waals surface area contributed by atoms with Gasteiger partial charge in [-0.3, -0.25) is 4.79 Å². The summed E-state index contributed by atoms with van der Waals surface area (Å²) in [7, 11) is 0. The molecule has 1 nitrogen and oxygen atoms in total. The van der Waals surface area contributed by atoms with Crippen molar-refractivity contribution in [3.63, 3.8) is 0 Å². The summed E-state index contributed by atoms with van der Waals surface area (Å²) in [6.07, 6.45) is 0.863. The highest BCUT2D eigenvalue weighted by Gasteiger charge is 2.02. The summed E-state index contributed by atoms with van der Waals surface area (Å²) < 4.78 is 0.832. The van der Waals surface area contributed by atoms with Gasteiger partial charge < -0.3 is 0 Å². The molecule has 2 aromatic rings. The fourth-order valence-electron chi connectivity index (χ4n) is 1.56. The van der Waals surface area contributed by atoms with Gasteiger partial charge in [-0.25, -0.2) is 0 Å². The molecule has 0 amide bonds. The molecule has 0 bridgehead atoms. The quantitative estimate of drug-likeness (QED) is 0.749. The topological polar surface area (TPSA) is 17.1 Å². The van der Waals surface area contributed by atoms with Crippen LogP contribution in [0.15, 0.2) is 46.9 Å². The van der Waals surface area contributed by atoms with E-state index in [1.165, 1.54) is 5.56 Å². The minimum atomic E-state index is 0.679. The van der Waals surface area contributed by atoms with Crippen LogP contribution < -0.4 is 0 Å². The first-order valence-electron chi connectivity index (χ1n) is 5.02. The maximum absolute atomic E-state index is 10.8. The summed E-state index contributed by atoms with van der Waals surface area (Å²) in [5, 5.41) is 0. The van der Waals surface area contributed by atoms with Crippen molar-refractivity contribution in [2.75, 3.05) is 0 Å². The molecule has 0 unspecified atom stereocenters. The Morgan fingerprint density at radius 3 is 2.25 bits per heavy atom. The van der Waals surface area contributed by atoms with Crippen LogP contribution in [-0.2, 0) is 0 Å². The van der Waals surface area contributed by atoms with Crippen molar-refractivity contribution in [3.05, 3.63) is 58.1 Å². The van der Waals surface area contributed by atoms with Crippen LogP contribution in [0.3, 0.4) is 0 Å². The highest BCUT2D eigenvalue weighted by molar-refractivity contribution is 9.10. The zero-order valence-corrected chi connectivity index (χ0v) is 10.5. The average Bonchev–Trinajstić information content (AvgIpc) is 2.31. The average molecular weight is 275 g/mol. The van der Waals surface area contributed by atoms with Gasteiger partial charge in [-0.2, -0.15) is 0 Å². The van der Waals surface area contributed by atoms with Gasteiger partial charge in [0.15, 0.2) is 6.29 Å². The molecule has 0 saturated heterocycles. The fraction of sp³-hybridized carbons (Fsp3) is 0.0714. The second-order valence-electron chi connectivity index (χ2n) is 3.72. The third-order valence-electron chi connectivity index (χ3n) is 2.51. The van der Waals surface area contributed by atoms with Crippen LogP contribution in [0.2, 0.25) is 0 Å². The van der Waals surface area contributed by atoms with Crippen molar-refractivity contribution in [1.29, 1.82) is 0 Å². The van der Waals surface area contributed by atoms with Crippen LogP contribution in [0, 0.1) is 6.92 Å². The van der Waals surface area contributed by atoms with Gasteiger partial charge >= 0.3 is 0 Å². The monoisotopic (exact) mass is 274 g/mol. The van der Waals surface area contributed by atoms with E-state index >= 15 is 0 Å². The first-order chi connectivity index (χ1) is 7.70. The van der Waals surface area contributed by atoms with Crippen molar-refractivity contribution < 1.29 is 4.79 Å². The van der Waals surface area contributed by atoms with Gasteiger partial charge in [-0.1, -0.05) is 51.8 Å². The summed E-state index contributed by atoms with van der Waals surface area (Å²) in [6.45, 7) is 2.06. The van der Waals surface area contributed by atoms with Crippen molar-refractivity contribution in [2.45, 2.75) is 6.92 Å². The van der Waals surface area contributed by atoms with Gasteiger partial charge in [-0.05, 0) is 30.2 Å². The summed E-state index contributed by atoms with van der Waals surface area (Å²) >= 11 is 3.34. The largest absolute Gasteiger partial charge is 0.298 e. The normalized spacial score (nSPS) is 10.1. The van der Waals surface area contributed by atoms with Crippen molar-refractivity contribution >= 4 is 22.2 Å². The Hall–Kier alpha value is -1.41. The zero-order valence-electron chi connectivity index (χ0n) is 8.91. The number of hydrogen-bond donors (Lipinski definition) is 0. The van der Waals surface area contributed by atoms with Crippen LogP contribution in [-0.4, -0.2) is 6.29 Å². The predicted octanol–water partition coefficient (Wildman–Crippen LogP) is 4.24. The molecule has 0 aliphatic heterocycles. The van der Waals surface area contributed by atoms with Gasteiger partial charge in [0, 0.05) is 10.0 Å². The molecule has 0 aromatic heterocycles. The van der Waals surface area contributed by atoms with Gasteiger partial charge in [0.25, 0.3) is 0 Å². The molecule has 0 spiro atoms. The minimum Gasteiger partial charge on any atom is -0.298 e. The van der Waals surface area contributed by atoms with Crippen LogP contribution in [0.25, 0.3) is 11.1 Å². The molecule has 0 aliphatic rings. The highest BCUT2D eigenvalue weighted by Crippen LogP contribution is 2.24. The van der Waals surface area contributed by atoms with Gasteiger partial charge in [0.1, 0.15) is 0 Å². The summed E-state index contributed by atoms with van der Waals surface area (Å²) in [4.78, 5) is 10.8.